The van der Waals surface area contributed by atoms with Crippen molar-refractivity contribution < 1.29 is 13.9 Å². The predicted molar refractivity (Wildman–Crippen MR) is 96.9 cm³/mol. The molecule has 0 bridgehead atoms. The van der Waals surface area contributed by atoms with Crippen molar-refractivity contribution >= 4 is 38.3 Å². The van der Waals surface area contributed by atoms with Crippen molar-refractivity contribution in [2.45, 2.75) is 0 Å². The minimum atomic E-state index is -0.312. The van der Waals surface area contributed by atoms with Crippen molar-refractivity contribution in [2.75, 3.05) is 30.4 Å². The first-order chi connectivity index (χ1) is 12.1. The van der Waals surface area contributed by atoms with Gasteiger partial charge in [0.15, 0.2) is 5.13 Å². The maximum absolute atomic E-state index is 13.7. The number of carbonyl (C=O) groups is 1. The average molecular weight is 357 g/mol. The third kappa shape index (κ3) is 3.02. The number of anilines is 2. The van der Waals surface area contributed by atoms with Gasteiger partial charge in [0.2, 0.25) is 5.91 Å². The van der Waals surface area contributed by atoms with Gasteiger partial charge in [0.05, 0.1) is 17.7 Å². The van der Waals surface area contributed by atoms with Crippen LogP contribution in [-0.4, -0.2) is 31.1 Å². The SMILES string of the molecule is COc1cccc(NC(=O)C2CN(c3nc4c(F)cccc4s3)C2)c1. The van der Waals surface area contributed by atoms with E-state index in [0.717, 1.165) is 9.83 Å². The summed E-state index contributed by atoms with van der Waals surface area (Å²) in [5.41, 5.74) is 1.11. The Balaban J connectivity index is 1.40. The van der Waals surface area contributed by atoms with Crippen LogP contribution in [0.2, 0.25) is 0 Å². The molecule has 0 spiro atoms. The highest BCUT2D eigenvalue weighted by molar-refractivity contribution is 7.22. The lowest BCUT2D eigenvalue weighted by Gasteiger charge is -2.37. The van der Waals surface area contributed by atoms with Crippen molar-refractivity contribution in [3.05, 3.63) is 48.3 Å². The molecule has 1 aromatic heterocycles. The third-order valence-corrected chi connectivity index (χ3v) is 5.30. The van der Waals surface area contributed by atoms with E-state index in [0.29, 0.717) is 30.0 Å². The van der Waals surface area contributed by atoms with Crippen molar-refractivity contribution in [1.82, 2.24) is 4.98 Å². The number of nitrogens with zero attached hydrogens (tertiary/aromatic N) is 2. The number of ether oxygens (including phenoxy) is 1. The Bertz CT molecular complexity index is 937. The van der Waals surface area contributed by atoms with Gasteiger partial charge in [-0.3, -0.25) is 4.79 Å². The number of benzene rings is 2. The van der Waals surface area contributed by atoms with E-state index in [2.05, 4.69) is 10.3 Å². The fourth-order valence-corrected chi connectivity index (χ4v) is 3.78. The number of carbonyl (C=O) groups excluding carboxylic acids is 1. The molecule has 1 saturated heterocycles. The van der Waals surface area contributed by atoms with Gasteiger partial charge in [-0.05, 0) is 24.3 Å². The summed E-state index contributed by atoms with van der Waals surface area (Å²) in [7, 11) is 1.59. The van der Waals surface area contributed by atoms with Crippen LogP contribution in [-0.2, 0) is 4.79 Å². The second-order valence-electron chi connectivity index (χ2n) is 5.91. The Morgan fingerprint density at radius 2 is 2.12 bits per heavy atom. The van der Waals surface area contributed by atoms with E-state index in [9.17, 15) is 9.18 Å². The Labute approximate surface area is 148 Å². The highest BCUT2D eigenvalue weighted by atomic mass is 32.1. The number of para-hydroxylation sites is 1. The molecule has 5 nitrogen and oxygen atoms in total. The second-order valence-corrected chi connectivity index (χ2v) is 6.92. The molecule has 1 aliphatic rings. The van der Waals surface area contributed by atoms with E-state index < -0.39 is 0 Å². The molecule has 7 heteroatoms. The predicted octanol–water partition coefficient (Wildman–Crippen LogP) is 3.52. The van der Waals surface area contributed by atoms with Gasteiger partial charge in [-0.25, -0.2) is 9.37 Å². The number of halogens is 1. The summed E-state index contributed by atoms with van der Waals surface area (Å²) >= 11 is 1.44. The van der Waals surface area contributed by atoms with Crippen molar-refractivity contribution in [3.63, 3.8) is 0 Å². The first kappa shape index (κ1) is 15.8. The van der Waals surface area contributed by atoms with E-state index >= 15 is 0 Å². The zero-order valence-electron chi connectivity index (χ0n) is 13.5. The van der Waals surface area contributed by atoms with Crippen LogP contribution in [0.15, 0.2) is 42.5 Å². The van der Waals surface area contributed by atoms with E-state index in [1.54, 1.807) is 19.2 Å². The zero-order valence-corrected chi connectivity index (χ0v) is 14.3. The van der Waals surface area contributed by atoms with Gasteiger partial charge in [0, 0.05) is 24.8 Å². The molecule has 128 valence electrons. The second kappa shape index (κ2) is 6.33. The van der Waals surface area contributed by atoms with Crippen LogP contribution in [0, 0.1) is 11.7 Å². The maximum Gasteiger partial charge on any atom is 0.231 e. The monoisotopic (exact) mass is 357 g/mol. The number of hydrogen-bond donors (Lipinski definition) is 1. The van der Waals surface area contributed by atoms with E-state index in [4.69, 9.17) is 4.74 Å². The van der Waals surface area contributed by atoms with Crippen LogP contribution >= 0.6 is 11.3 Å². The van der Waals surface area contributed by atoms with Gasteiger partial charge in [0.1, 0.15) is 17.1 Å². The third-order valence-electron chi connectivity index (χ3n) is 4.22. The minimum absolute atomic E-state index is 0.0307. The highest BCUT2D eigenvalue weighted by Gasteiger charge is 2.34. The van der Waals surface area contributed by atoms with Gasteiger partial charge in [-0.15, -0.1) is 0 Å². The van der Waals surface area contributed by atoms with Gasteiger partial charge < -0.3 is 15.0 Å². The molecule has 3 aromatic rings. The molecule has 4 rings (SSSR count). The number of rotatable bonds is 4. The Morgan fingerprint density at radius 3 is 2.88 bits per heavy atom. The molecular formula is C18H16FN3O2S. The lowest BCUT2D eigenvalue weighted by atomic mass is 10.00. The van der Waals surface area contributed by atoms with Crippen LogP contribution in [0.3, 0.4) is 0 Å². The Morgan fingerprint density at radius 1 is 1.32 bits per heavy atom. The lowest BCUT2D eigenvalue weighted by Crippen LogP contribution is -2.52. The molecule has 0 aliphatic carbocycles. The molecule has 1 aliphatic heterocycles. The van der Waals surface area contributed by atoms with E-state index in [1.165, 1.54) is 17.4 Å². The van der Waals surface area contributed by atoms with Gasteiger partial charge in [0.25, 0.3) is 0 Å². The van der Waals surface area contributed by atoms with Crippen LogP contribution in [0.1, 0.15) is 0 Å². The maximum atomic E-state index is 13.7. The number of fused-ring (bicyclic) bond motifs is 1. The molecule has 1 fully saturated rings. The Kier molecular flexibility index (Phi) is 4.01. The van der Waals surface area contributed by atoms with Crippen molar-refractivity contribution in [2.24, 2.45) is 5.92 Å². The topological polar surface area (TPSA) is 54.5 Å². The van der Waals surface area contributed by atoms with Crippen LogP contribution in [0.5, 0.6) is 5.75 Å². The number of nitrogens with one attached hydrogen (secondary N) is 1. The molecular weight excluding hydrogens is 341 g/mol. The molecule has 0 radical (unpaired) electrons. The molecule has 0 saturated carbocycles. The fourth-order valence-electron chi connectivity index (χ4n) is 2.78. The van der Waals surface area contributed by atoms with Gasteiger partial charge >= 0.3 is 0 Å². The zero-order chi connectivity index (χ0) is 17.4. The van der Waals surface area contributed by atoms with Crippen LogP contribution in [0.25, 0.3) is 10.2 Å². The van der Waals surface area contributed by atoms with Crippen LogP contribution in [0.4, 0.5) is 15.2 Å². The summed E-state index contributed by atoms with van der Waals surface area (Å²) in [4.78, 5) is 18.7. The van der Waals surface area contributed by atoms with Crippen molar-refractivity contribution in [3.8, 4) is 5.75 Å². The standard InChI is InChI=1S/C18H16FN3O2S/c1-24-13-5-2-4-12(8-13)20-17(23)11-9-22(10-11)18-21-16-14(19)6-3-7-15(16)25-18/h2-8,11H,9-10H2,1H3,(H,20,23). The average Bonchev–Trinajstić information content (AvgIpc) is 2.98. The number of amides is 1. The number of methoxy groups -OCH3 is 1. The molecule has 2 aromatic carbocycles. The summed E-state index contributed by atoms with van der Waals surface area (Å²) in [6, 6.07) is 12.2. The van der Waals surface area contributed by atoms with Gasteiger partial charge in [-0.2, -0.15) is 0 Å². The molecule has 2 heterocycles. The largest absolute Gasteiger partial charge is 0.497 e. The van der Waals surface area contributed by atoms with Crippen molar-refractivity contribution in [1.29, 1.82) is 0 Å². The quantitative estimate of drug-likeness (QED) is 0.776. The van der Waals surface area contributed by atoms with Gasteiger partial charge in [-0.1, -0.05) is 23.5 Å². The number of hydrogen-bond acceptors (Lipinski definition) is 5. The fraction of sp³-hybridized carbons (Fsp3) is 0.222. The summed E-state index contributed by atoms with van der Waals surface area (Å²) in [6.45, 7) is 1.16. The van der Waals surface area contributed by atoms with Crippen LogP contribution < -0.4 is 15.0 Å². The minimum Gasteiger partial charge on any atom is -0.497 e. The number of thiazole rings is 1. The lowest BCUT2D eigenvalue weighted by molar-refractivity contribution is -0.120. The highest BCUT2D eigenvalue weighted by Crippen LogP contribution is 2.34. The molecule has 1 amide bonds. The summed E-state index contributed by atoms with van der Waals surface area (Å²) < 4.78 is 19.7. The smallest absolute Gasteiger partial charge is 0.231 e. The Hall–Kier alpha value is -2.67. The molecule has 0 unspecified atom stereocenters. The van der Waals surface area contributed by atoms with E-state index in [-0.39, 0.29) is 17.6 Å². The normalized spacial score (nSPS) is 14.4. The molecule has 0 atom stereocenters. The first-order valence-electron chi connectivity index (χ1n) is 7.89. The molecule has 1 N–H and O–H groups in total. The summed E-state index contributed by atoms with van der Waals surface area (Å²) in [5, 5.41) is 3.66. The van der Waals surface area contributed by atoms with E-state index in [1.807, 2.05) is 29.2 Å². The molecule has 25 heavy (non-hydrogen) atoms. The first-order valence-corrected chi connectivity index (χ1v) is 8.70. The number of aromatic nitrogens is 1. The summed E-state index contributed by atoms with van der Waals surface area (Å²) in [5.74, 6) is 0.247. The summed E-state index contributed by atoms with van der Waals surface area (Å²) in [6.07, 6.45) is 0.